The molecule has 0 N–H and O–H groups in total. The minimum absolute atomic E-state index is 0.380. The minimum Gasteiger partial charge on any atom is -0.399 e. The summed E-state index contributed by atoms with van der Waals surface area (Å²) in [5.74, 6) is 0. The van der Waals surface area contributed by atoms with Gasteiger partial charge in [-0.15, -0.1) is 0 Å². The Balaban J connectivity index is 1.26. The summed E-state index contributed by atoms with van der Waals surface area (Å²) in [6.07, 6.45) is 0. The number of fused-ring (bicyclic) bond motifs is 14. The second kappa shape index (κ2) is 9.13. The normalized spacial score (nSPS) is 17.7. The fourth-order valence-electron chi connectivity index (χ4n) is 8.66. The number of hydrogen-bond donors (Lipinski definition) is 0. The van der Waals surface area contributed by atoms with Crippen LogP contribution >= 0.6 is 0 Å². The molecule has 7 aromatic rings. The number of para-hydroxylation sites is 1. The van der Waals surface area contributed by atoms with E-state index in [0.717, 1.165) is 11.2 Å². The van der Waals surface area contributed by atoms with Crippen LogP contribution in [0.15, 0.2) is 133 Å². The highest BCUT2D eigenvalue weighted by Gasteiger charge is 2.53. The predicted molar refractivity (Wildman–Crippen MR) is 193 cm³/mol. The van der Waals surface area contributed by atoms with E-state index in [-0.39, 0.29) is 16.6 Å². The maximum atomic E-state index is 6.40. The number of benzene rings is 6. The van der Waals surface area contributed by atoms with Crippen LogP contribution in [-0.4, -0.2) is 22.9 Å². The molecule has 3 nitrogen and oxygen atoms in total. The van der Waals surface area contributed by atoms with E-state index in [2.05, 4.69) is 166 Å². The molecular weight excluding hydrogens is 573 g/mol. The van der Waals surface area contributed by atoms with Crippen molar-refractivity contribution in [3.63, 3.8) is 0 Å². The monoisotopic (exact) mass is 607 g/mol. The first kappa shape index (κ1) is 27.2. The van der Waals surface area contributed by atoms with Gasteiger partial charge < -0.3 is 13.9 Å². The van der Waals surface area contributed by atoms with E-state index in [1.165, 1.54) is 66.3 Å². The van der Waals surface area contributed by atoms with Crippen molar-refractivity contribution < 1.29 is 9.31 Å². The van der Waals surface area contributed by atoms with Crippen molar-refractivity contribution in [1.29, 1.82) is 0 Å². The predicted octanol–water partition coefficient (Wildman–Crippen LogP) is 9.43. The highest BCUT2D eigenvalue weighted by molar-refractivity contribution is 6.62. The van der Waals surface area contributed by atoms with Gasteiger partial charge in [0.2, 0.25) is 0 Å². The van der Waals surface area contributed by atoms with E-state index >= 15 is 0 Å². The summed E-state index contributed by atoms with van der Waals surface area (Å²) >= 11 is 0. The molecule has 2 heterocycles. The summed E-state index contributed by atoms with van der Waals surface area (Å²) in [6.45, 7) is 8.41. The van der Waals surface area contributed by atoms with Gasteiger partial charge >= 0.3 is 7.12 Å². The first-order chi connectivity index (χ1) is 22.8. The van der Waals surface area contributed by atoms with Gasteiger partial charge in [0.05, 0.1) is 27.7 Å². The summed E-state index contributed by atoms with van der Waals surface area (Å²) in [5.41, 5.74) is 14.1. The highest BCUT2D eigenvalue weighted by Crippen LogP contribution is 2.64. The van der Waals surface area contributed by atoms with Crippen LogP contribution in [0.25, 0.3) is 49.7 Å². The molecule has 1 spiro atoms. The Morgan fingerprint density at radius 3 is 1.66 bits per heavy atom. The zero-order valence-corrected chi connectivity index (χ0v) is 27.0. The molecule has 3 aliphatic rings. The van der Waals surface area contributed by atoms with E-state index in [1.807, 2.05) is 0 Å². The third-order valence-corrected chi connectivity index (χ3v) is 11.5. The summed E-state index contributed by atoms with van der Waals surface area (Å²) in [7, 11) is -0.398. The van der Waals surface area contributed by atoms with Crippen LogP contribution in [-0.2, 0) is 14.7 Å². The summed E-state index contributed by atoms with van der Waals surface area (Å²) in [6, 6.07) is 49.5. The van der Waals surface area contributed by atoms with Crippen molar-refractivity contribution in [1.82, 2.24) is 4.57 Å². The maximum absolute atomic E-state index is 6.40. The van der Waals surface area contributed by atoms with Crippen LogP contribution in [0, 0.1) is 0 Å². The van der Waals surface area contributed by atoms with Crippen LogP contribution in [0.4, 0.5) is 0 Å². The zero-order chi connectivity index (χ0) is 31.7. The Morgan fingerprint density at radius 1 is 0.489 bits per heavy atom. The molecule has 1 saturated heterocycles. The van der Waals surface area contributed by atoms with E-state index in [4.69, 9.17) is 9.31 Å². The second-order valence-electron chi connectivity index (χ2n) is 14.3. The van der Waals surface area contributed by atoms with Gasteiger partial charge in [-0.2, -0.15) is 0 Å². The SMILES string of the molecule is CC1(C)OB(c2ccc(-n3c4ccccc4c4ccc5c(c43)-c3ccccc3C53c4ccccc4-c4ccccc43)cc2)OC1(C)C. The molecule has 0 radical (unpaired) electrons. The summed E-state index contributed by atoms with van der Waals surface area (Å²) in [4.78, 5) is 0. The molecule has 6 aromatic carbocycles. The number of nitrogens with zero attached hydrogens (tertiary/aromatic N) is 1. The quantitative estimate of drug-likeness (QED) is 0.183. The Kier molecular flexibility index (Phi) is 5.29. The molecular formula is C43H34BNO2. The van der Waals surface area contributed by atoms with Gasteiger partial charge in [-0.1, -0.05) is 115 Å². The third kappa shape index (κ3) is 3.34. The van der Waals surface area contributed by atoms with Gasteiger partial charge in [-0.3, -0.25) is 0 Å². The van der Waals surface area contributed by atoms with Crippen molar-refractivity contribution in [2.75, 3.05) is 0 Å². The zero-order valence-electron chi connectivity index (χ0n) is 27.0. The largest absolute Gasteiger partial charge is 0.494 e. The maximum Gasteiger partial charge on any atom is 0.494 e. The van der Waals surface area contributed by atoms with Crippen LogP contribution < -0.4 is 5.46 Å². The fourth-order valence-corrected chi connectivity index (χ4v) is 8.66. The van der Waals surface area contributed by atoms with Crippen molar-refractivity contribution in [2.24, 2.45) is 0 Å². The molecule has 10 rings (SSSR count). The van der Waals surface area contributed by atoms with Crippen LogP contribution in [0.1, 0.15) is 49.9 Å². The fraction of sp³-hybridized carbons (Fsp3) is 0.163. The highest BCUT2D eigenvalue weighted by atomic mass is 16.7. The topological polar surface area (TPSA) is 23.4 Å². The molecule has 0 bridgehead atoms. The molecule has 0 amide bonds. The molecule has 47 heavy (non-hydrogen) atoms. The third-order valence-electron chi connectivity index (χ3n) is 11.5. The van der Waals surface area contributed by atoms with Gasteiger partial charge in [-0.05, 0) is 90.3 Å². The molecule has 1 fully saturated rings. The second-order valence-corrected chi connectivity index (χ2v) is 14.3. The van der Waals surface area contributed by atoms with Gasteiger partial charge in [0, 0.05) is 22.0 Å². The standard InChI is InChI=1S/C43H34BNO2/c1-41(2)42(3,4)47-44(46-41)27-21-23-28(24-22-27)45-38-20-12-8-15-31(38)32-25-26-37-39(40(32)45)33-16-7-11-19-36(33)43(37)34-17-9-5-13-29(34)30-14-6-10-18-35(30)43/h5-26H,1-4H3. The van der Waals surface area contributed by atoms with Crippen molar-refractivity contribution in [3.8, 4) is 27.9 Å². The van der Waals surface area contributed by atoms with Gasteiger partial charge in [-0.25, -0.2) is 0 Å². The van der Waals surface area contributed by atoms with Gasteiger partial charge in [0.1, 0.15) is 0 Å². The average Bonchev–Trinajstić information content (AvgIpc) is 3.75. The molecule has 2 aliphatic carbocycles. The molecule has 0 saturated carbocycles. The Bertz CT molecular complexity index is 2370. The first-order valence-electron chi connectivity index (χ1n) is 16.6. The van der Waals surface area contributed by atoms with Crippen LogP contribution in [0.2, 0.25) is 0 Å². The van der Waals surface area contributed by atoms with E-state index in [0.29, 0.717) is 0 Å². The first-order valence-corrected chi connectivity index (χ1v) is 16.6. The van der Waals surface area contributed by atoms with Crippen molar-refractivity contribution in [3.05, 3.63) is 156 Å². The number of hydrogen-bond acceptors (Lipinski definition) is 2. The minimum atomic E-state index is -0.398. The smallest absolute Gasteiger partial charge is 0.399 e. The van der Waals surface area contributed by atoms with Crippen LogP contribution in [0.5, 0.6) is 0 Å². The summed E-state index contributed by atoms with van der Waals surface area (Å²) < 4.78 is 15.3. The van der Waals surface area contributed by atoms with Gasteiger partial charge in [0.25, 0.3) is 0 Å². The van der Waals surface area contributed by atoms with E-state index in [9.17, 15) is 0 Å². The average molecular weight is 608 g/mol. The number of rotatable bonds is 2. The Labute approximate surface area is 275 Å². The lowest BCUT2D eigenvalue weighted by Crippen LogP contribution is -2.41. The Hall–Kier alpha value is -4.90. The molecule has 0 unspecified atom stereocenters. The molecule has 0 atom stereocenters. The molecule has 1 aliphatic heterocycles. The van der Waals surface area contributed by atoms with E-state index < -0.39 is 7.12 Å². The summed E-state index contributed by atoms with van der Waals surface area (Å²) in [5, 5.41) is 2.52. The van der Waals surface area contributed by atoms with Crippen LogP contribution in [0.3, 0.4) is 0 Å². The molecule has 226 valence electrons. The molecule has 4 heteroatoms. The lowest BCUT2D eigenvalue weighted by Gasteiger charge is -2.32. The molecule has 1 aromatic heterocycles. The van der Waals surface area contributed by atoms with Crippen molar-refractivity contribution in [2.45, 2.75) is 44.3 Å². The van der Waals surface area contributed by atoms with Crippen molar-refractivity contribution >= 4 is 34.4 Å². The van der Waals surface area contributed by atoms with Gasteiger partial charge in [0.15, 0.2) is 0 Å². The lowest BCUT2D eigenvalue weighted by molar-refractivity contribution is 0.00578. The Morgan fingerprint density at radius 2 is 1.02 bits per heavy atom. The number of aromatic nitrogens is 1. The van der Waals surface area contributed by atoms with E-state index in [1.54, 1.807) is 0 Å². The lowest BCUT2D eigenvalue weighted by atomic mass is 9.70.